The molecule has 0 atom stereocenters. The molecule has 0 aliphatic rings. The third kappa shape index (κ3) is 2.50. The van der Waals surface area contributed by atoms with Crippen molar-refractivity contribution in [2.24, 2.45) is 4.40 Å². The van der Waals surface area contributed by atoms with Crippen LogP contribution in [0.2, 0.25) is 0 Å². The summed E-state index contributed by atoms with van der Waals surface area (Å²) < 4.78 is 71.0. The first-order chi connectivity index (χ1) is 11.4. The second kappa shape index (κ2) is 6.50. The van der Waals surface area contributed by atoms with Crippen LogP contribution in [0.3, 0.4) is 0 Å². The summed E-state index contributed by atoms with van der Waals surface area (Å²) in [6, 6.07) is 2.87. The molecule has 0 saturated carbocycles. The Hall–Kier alpha value is -3.21. The summed E-state index contributed by atoms with van der Waals surface area (Å²) in [6.07, 6.45) is 1.04. The molecule has 0 fully saturated rings. The molecule has 2 aromatic rings. The van der Waals surface area contributed by atoms with Gasteiger partial charge in [0.15, 0.2) is 40.5 Å². The normalized spacial score (nSPS) is 9.96. The Kier molecular flexibility index (Phi) is 4.64. The van der Waals surface area contributed by atoms with Gasteiger partial charge in [-0.3, -0.25) is 0 Å². The van der Waals surface area contributed by atoms with Gasteiger partial charge in [0.05, 0.1) is 5.56 Å². The highest BCUT2D eigenvalue weighted by atomic mass is 32.2. The minimum Gasteiger partial charge on any atom is -0.234 e. The minimum absolute atomic E-state index is 0.0726. The zero-order chi connectivity index (χ0) is 18.0. The van der Waals surface area contributed by atoms with Gasteiger partial charge in [0.1, 0.15) is 24.3 Å². The maximum Gasteiger partial charge on any atom is 0.249 e. The number of halogens is 5. The van der Waals surface area contributed by atoms with E-state index in [0.717, 1.165) is 6.08 Å². The molecule has 0 radical (unpaired) electrons. The molecule has 1 aromatic carbocycles. The molecule has 24 heavy (non-hydrogen) atoms. The van der Waals surface area contributed by atoms with Crippen molar-refractivity contribution in [2.45, 2.75) is 0 Å². The lowest BCUT2D eigenvalue weighted by atomic mass is 10.1. The van der Waals surface area contributed by atoms with Crippen molar-refractivity contribution in [1.82, 2.24) is 8.96 Å². The lowest BCUT2D eigenvalue weighted by molar-refractivity contribution is 0.381. The Morgan fingerprint density at radius 1 is 0.958 bits per heavy atom. The molecule has 120 valence electrons. The van der Waals surface area contributed by atoms with E-state index in [1.54, 1.807) is 0 Å². The van der Waals surface area contributed by atoms with Crippen molar-refractivity contribution in [3.63, 3.8) is 0 Å². The standard InChI is InChI=1S/C12F5N5OS/c13-7-6(8(14)10(16)11(17)9(7)15)12-21-4(1-18)5(2-19)22(12)24-20-3-23. The number of isocyanates is 1. The van der Waals surface area contributed by atoms with E-state index in [9.17, 15) is 26.7 Å². The number of nitrogens with zero attached hydrogens (tertiary/aromatic N) is 5. The van der Waals surface area contributed by atoms with Crippen LogP contribution in [-0.4, -0.2) is 15.0 Å². The predicted molar refractivity (Wildman–Crippen MR) is 68.0 cm³/mol. The van der Waals surface area contributed by atoms with Crippen LogP contribution in [0, 0.1) is 51.7 Å². The first-order valence-corrected chi connectivity index (χ1v) is 6.31. The van der Waals surface area contributed by atoms with Gasteiger partial charge in [-0.1, -0.05) is 0 Å². The zero-order valence-electron chi connectivity index (χ0n) is 10.9. The Bertz CT molecular complexity index is 954. The van der Waals surface area contributed by atoms with E-state index in [2.05, 4.69) is 9.38 Å². The Labute approximate surface area is 133 Å². The molecule has 0 saturated heterocycles. The lowest BCUT2D eigenvalue weighted by Gasteiger charge is -2.08. The fraction of sp³-hybridized carbons (Fsp3) is 0. The minimum atomic E-state index is -2.38. The van der Waals surface area contributed by atoms with E-state index in [4.69, 9.17) is 10.5 Å². The van der Waals surface area contributed by atoms with Gasteiger partial charge >= 0.3 is 0 Å². The monoisotopic (exact) mass is 357 g/mol. The van der Waals surface area contributed by atoms with E-state index in [1.165, 1.54) is 12.1 Å². The van der Waals surface area contributed by atoms with E-state index in [1.807, 2.05) is 0 Å². The molecule has 1 aromatic heterocycles. The van der Waals surface area contributed by atoms with Crippen molar-refractivity contribution in [2.75, 3.05) is 0 Å². The highest BCUT2D eigenvalue weighted by Gasteiger charge is 2.31. The van der Waals surface area contributed by atoms with Crippen molar-refractivity contribution in [3.8, 4) is 23.5 Å². The number of nitriles is 2. The molecular formula is C12F5N5OS. The van der Waals surface area contributed by atoms with Crippen LogP contribution >= 0.6 is 12.1 Å². The topological polar surface area (TPSA) is 94.8 Å². The number of rotatable bonds is 3. The zero-order valence-corrected chi connectivity index (χ0v) is 11.8. The third-order valence-corrected chi connectivity index (χ3v) is 3.32. The molecule has 2 rings (SSSR count). The number of carbonyl (C=O) groups excluding carboxylic acids is 1. The number of aromatic nitrogens is 2. The summed E-state index contributed by atoms with van der Waals surface area (Å²) in [4.78, 5) is 13.6. The Morgan fingerprint density at radius 3 is 1.96 bits per heavy atom. The maximum atomic E-state index is 13.9. The molecule has 0 bridgehead atoms. The quantitative estimate of drug-likeness (QED) is 0.210. The number of hydrogen-bond donors (Lipinski definition) is 0. The van der Waals surface area contributed by atoms with Gasteiger partial charge in [-0.05, 0) is 0 Å². The molecular weight excluding hydrogens is 357 g/mol. The number of imidazole rings is 1. The summed E-state index contributed by atoms with van der Waals surface area (Å²) in [5.41, 5.74) is -2.75. The maximum absolute atomic E-state index is 13.9. The summed E-state index contributed by atoms with van der Waals surface area (Å²) in [6.45, 7) is 0. The van der Waals surface area contributed by atoms with Gasteiger partial charge < -0.3 is 0 Å². The SMILES string of the molecule is N#Cc1nc(-c2c(F)c(F)c(F)c(F)c2F)n(SN=C=O)c1C#N. The Morgan fingerprint density at radius 2 is 1.50 bits per heavy atom. The molecule has 0 unspecified atom stereocenters. The predicted octanol–water partition coefficient (Wildman–Crippen LogP) is 2.74. The fourth-order valence-electron chi connectivity index (χ4n) is 1.68. The van der Waals surface area contributed by atoms with E-state index >= 15 is 0 Å². The van der Waals surface area contributed by atoms with Gasteiger partial charge in [0.25, 0.3) is 0 Å². The fourth-order valence-corrected chi connectivity index (χ4v) is 2.21. The van der Waals surface area contributed by atoms with Crippen LogP contribution < -0.4 is 0 Å². The van der Waals surface area contributed by atoms with Crippen molar-refractivity contribution < 1.29 is 26.7 Å². The largest absolute Gasteiger partial charge is 0.249 e. The Balaban J connectivity index is 2.94. The van der Waals surface area contributed by atoms with Crippen LogP contribution in [0.5, 0.6) is 0 Å². The molecule has 1 heterocycles. The van der Waals surface area contributed by atoms with E-state index in [-0.39, 0.29) is 12.1 Å². The highest BCUT2D eigenvalue weighted by Crippen LogP contribution is 2.34. The lowest BCUT2D eigenvalue weighted by Crippen LogP contribution is -2.06. The van der Waals surface area contributed by atoms with Crippen molar-refractivity contribution in [1.29, 1.82) is 10.5 Å². The second-order valence-electron chi connectivity index (χ2n) is 3.86. The van der Waals surface area contributed by atoms with Crippen LogP contribution in [0.25, 0.3) is 11.4 Å². The number of hydrogen-bond acceptors (Lipinski definition) is 6. The van der Waals surface area contributed by atoms with Crippen LogP contribution in [-0.2, 0) is 4.79 Å². The average molecular weight is 357 g/mol. The average Bonchev–Trinajstić information content (AvgIpc) is 2.93. The summed E-state index contributed by atoms with van der Waals surface area (Å²) >= 11 is 0.0726. The smallest absolute Gasteiger partial charge is 0.234 e. The van der Waals surface area contributed by atoms with Gasteiger partial charge in [-0.25, -0.2) is 35.7 Å². The molecule has 0 N–H and O–H groups in total. The van der Waals surface area contributed by atoms with Gasteiger partial charge in [-0.2, -0.15) is 10.5 Å². The first kappa shape index (κ1) is 17.1. The van der Waals surface area contributed by atoms with Crippen LogP contribution in [0.4, 0.5) is 22.0 Å². The second-order valence-corrected chi connectivity index (χ2v) is 4.57. The van der Waals surface area contributed by atoms with Crippen molar-refractivity contribution in [3.05, 3.63) is 40.5 Å². The third-order valence-electron chi connectivity index (χ3n) is 2.64. The molecule has 12 heteroatoms. The molecule has 0 spiro atoms. The van der Waals surface area contributed by atoms with E-state index in [0.29, 0.717) is 3.97 Å². The first-order valence-electron chi connectivity index (χ1n) is 5.58. The number of benzene rings is 1. The summed E-state index contributed by atoms with van der Waals surface area (Å²) in [5, 5.41) is 17.8. The molecule has 6 nitrogen and oxygen atoms in total. The van der Waals surface area contributed by atoms with Crippen LogP contribution in [0.1, 0.15) is 11.4 Å². The van der Waals surface area contributed by atoms with Gasteiger partial charge in [-0.15, -0.1) is 4.40 Å². The van der Waals surface area contributed by atoms with Gasteiger partial charge in [0.2, 0.25) is 11.9 Å². The molecule has 0 aliphatic carbocycles. The van der Waals surface area contributed by atoms with Gasteiger partial charge in [0, 0.05) is 0 Å². The highest BCUT2D eigenvalue weighted by molar-refractivity contribution is 7.96. The summed E-state index contributed by atoms with van der Waals surface area (Å²) in [7, 11) is 0. The van der Waals surface area contributed by atoms with E-state index < -0.39 is 51.9 Å². The van der Waals surface area contributed by atoms with Crippen molar-refractivity contribution >= 4 is 18.2 Å². The molecule has 0 aliphatic heterocycles. The molecule has 0 amide bonds. The summed E-state index contributed by atoms with van der Waals surface area (Å²) in [5.74, 6) is -12.3. The van der Waals surface area contributed by atoms with Crippen LogP contribution in [0.15, 0.2) is 4.40 Å².